The van der Waals surface area contributed by atoms with Crippen LogP contribution in [0.15, 0.2) is 18.2 Å². The van der Waals surface area contributed by atoms with Crippen molar-refractivity contribution in [2.24, 2.45) is 0 Å². The molecule has 0 aliphatic heterocycles. The quantitative estimate of drug-likeness (QED) is 0.718. The van der Waals surface area contributed by atoms with Crippen LogP contribution in [0.25, 0.3) is 0 Å². The molecule has 0 aromatic heterocycles. The molecule has 0 spiro atoms. The van der Waals surface area contributed by atoms with E-state index in [1.165, 1.54) is 29.5 Å². The van der Waals surface area contributed by atoms with E-state index in [1.54, 1.807) is 0 Å². The van der Waals surface area contributed by atoms with Gasteiger partial charge in [-0.15, -0.1) is 0 Å². The topological polar surface area (TPSA) is 12.0 Å². The first-order chi connectivity index (χ1) is 7.65. The van der Waals surface area contributed by atoms with E-state index in [0.717, 1.165) is 13.1 Å². The molecule has 1 atom stereocenters. The van der Waals surface area contributed by atoms with Gasteiger partial charge in [-0.25, -0.2) is 0 Å². The van der Waals surface area contributed by atoms with Gasteiger partial charge in [-0.1, -0.05) is 32.0 Å². The third kappa shape index (κ3) is 3.97. The molecule has 0 saturated heterocycles. The molecule has 1 aromatic rings. The predicted octanol–water partition coefficient (Wildman–Crippen LogP) is 3.80. The summed E-state index contributed by atoms with van der Waals surface area (Å²) in [5.41, 5.74) is 4.27. The summed E-state index contributed by atoms with van der Waals surface area (Å²) in [4.78, 5) is 0. The minimum absolute atomic E-state index is 0.656. The van der Waals surface area contributed by atoms with Crippen molar-refractivity contribution in [3.05, 3.63) is 34.9 Å². The van der Waals surface area contributed by atoms with Gasteiger partial charge in [-0.2, -0.15) is 0 Å². The lowest BCUT2D eigenvalue weighted by Crippen LogP contribution is -2.17. The molecule has 0 aliphatic rings. The van der Waals surface area contributed by atoms with Crippen LogP contribution in [0.3, 0.4) is 0 Å². The van der Waals surface area contributed by atoms with Gasteiger partial charge in [0.25, 0.3) is 0 Å². The standard InChI is InChI=1S/C15H25N/c1-5-9-16-10-8-13(3)15-7-6-12(2)14(4)11-15/h6-7,11,13,16H,5,8-10H2,1-4H3. The molecule has 90 valence electrons. The van der Waals surface area contributed by atoms with Gasteiger partial charge in [0.2, 0.25) is 0 Å². The first kappa shape index (κ1) is 13.2. The Kier molecular flexibility index (Phi) is 5.54. The molecule has 1 nitrogen and oxygen atoms in total. The van der Waals surface area contributed by atoms with Crippen LogP contribution in [-0.2, 0) is 0 Å². The molecule has 0 amide bonds. The Bertz CT molecular complexity index is 317. The van der Waals surface area contributed by atoms with Gasteiger partial charge in [0.1, 0.15) is 0 Å². The van der Waals surface area contributed by atoms with E-state index >= 15 is 0 Å². The fourth-order valence-corrected chi connectivity index (χ4v) is 1.86. The Hall–Kier alpha value is -0.820. The summed E-state index contributed by atoms with van der Waals surface area (Å²) in [6.07, 6.45) is 2.44. The Labute approximate surface area is 100 Å². The average Bonchev–Trinajstić information content (AvgIpc) is 2.28. The van der Waals surface area contributed by atoms with Gasteiger partial charge in [0, 0.05) is 0 Å². The molecule has 0 fully saturated rings. The van der Waals surface area contributed by atoms with Crippen molar-refractivity contribution in [2.45, 2.75) is 46.5 Å². The largest absolute Gasteiger partial charge is 0.317 e. The second-order valence-electron chi connectivity index (χ2n) is 4.78. The number of benzene rings is 1. The van der Waals surface area contributed by atoms with E-state index in [-0.39, 0.29) is 0 Å². The summed E-state index contributed by atoms with van der Waals surface area (Å²) < 4.78 is 0. The van der Waals surface area contributed by atoms with Crippen LogP contribution in [0, 0.1) is 13.8 Å². The molecular weight excluding hydrogens is 194 g/mol. The van der Waals surface area contributed by atoms with E-state index in [1.807, 2.05) is 0 Å². The summed E-state index contributed by atoms with van der Waals surface area (Å²) in [5, 5.41) is 3.46. The lowest BCUT2D eigenvalue weighted by molar-refractivity contribution is 0.590. The number of aryl methyl sites for hydroxylation is 2. The smallest absolute Gasteiger partial charge is 0.00432 e. The molecule has 16 heavy (non-hydrogen) atoms. The van der Waals surface area contributed by atoms with Crippen molar-refractivity contribution < 1.29 is 0 Å². The monoisotopic (exact) mass is 219 g/mol. The summed E-state index contributed by atoms with van der Waals surface area (Å²) >= 11 is 0. The van der Waals surface area contributed by atoms with Crippen molar-refractivity contribution in [3.8, 4) is 0 Å². The maximum absolute atomic E-state index is 3.46. The van der Waals surface area contributed by atoms with Crippen LogP contribution in [0.2, 0.25) is 0 Å². The van der Waals surface area contributed by atoms with Crippen LogP contribution in [0.1, 0.15) is 49.3 Å². The zero-order valence-electron chi connectivity index (χ0n) is 11.1. The van der Waals surface area contributed by atoms with Crippen LogP contribution in [0.5, 0.6) is 0 Å². The predicted molar refractivity (Wildman–Crippen MR) is 72.1 cm³/mol. The van der Waals surface area contributed by atoms with E-state index in [0.29, 0.717) is 5.92 Å². The molecule has 1 N–H and O–H groups in total. The molecular formula is C15H25N. The van der Waals surface area contributed by atoms with Gasteiger partial charge in [0.15, 0.2) is 0 Å². The zero-order chi connectivity index (χ0) is 12.0. The van der Waals surface area contributed by atoms with Crippen molar-refractivity contribution >= 4 is 0 Å². The molecule has 0 saturated carbocycles. The number of rotatable bonds is 6. The summed E-state index contributed by atoms with van der Waals surface area (Å²) in [5.74, 6) is 0.656. The van der Waals surface area contributed by atoms with Gasteiger partial charge in [-0.3, -0.25) is 0 Å². The molecule has 0 heterocycles. The summed E-state index contributed by atoms with van der Waals surface area (Å²) in [6, 6.07) is 6.84. The van der Waals surface area contributed by atoms with Crippen molar-refractivity contribution in [2.75, 3.05) is 13.1 Å². The lowest BCUT2D eigenvalue weighted by atomic mass is 9.94. The fraction of sp³-hybridized carbons (Fsp3) is 0.600. The van der Waals surface area contributed by atoms with Gasteiger partial charge in [-0.05, 0) is 62.4 Å². The van der Waals surface area contributed by atoms with Crippen LogP contribution < -0.4 is 5.32 Å². The van der Waals surface area contributed by atoms with Crippen LogP contribution >= 0.6 is 0 Å². The maximum Gasteiger partial charge on any atom is -0.00432 e. The Morgan fingerprint density at radius 1 is 1.12 bits per heavy atom. The number of nitrogens with one attached hydrogen (secondary N) is 1. The highest BCUT2D eigenvalue weighted by Crippen LogP contribution is 2.21. The highest BCUT2D eigenvalue weighted by Gasteiger charge is 2.05. The first-order valence-electron chi connectivity index (χ1n) is 6.43. The highest BCUT2D eigenvalue weighted by molar-refractivity contribution is 5.31. The van der Waals surface area contributed by atoms with E-state index in [9.17, 15) is 0 Å². The van der Waals surface area contributed by atoms with E-state index < -0.39 is 0 Å². The average molecular weight is 219 g/mol. The third-order valence-electron chi connectivity index (χ3n) is 3.28. The van der Waals surface area contributed by atoms with Crippen molar-refractivity contribution in [1.82, 2.24) is 5.32 Å². The minimum Gasteiger partial charge on any atom is -0.317 e. The molecule has 1 unspecified atom stereocenters. The minimum atomic E-state index is 0.656. The SMILES string of the molecule is CCCNCCC(C)c1ccc(C)c(C)c1. The lowest BCUT2D eigenvalue weighted by Gasteiger charge is -2.14. The van der Waals surface area contributed by atoms with Gasteiger partial charge < -0.3 is 5.32 Å². The normalized spacial score (nSPS) is 12.8. The van der Waals surface area contributed by atoms with Gasteiger partial charge in [0.05, 0.1) is 0 Å². The van der Waals surface area contributed by atoms with Crippen LogP contribution in [-0.4, -0.2) is 13.1 Å². The Morgan fingerprint density at radius 3 is 2.50 bits per heavy atom. The third-order valence-corrected chi connectivity index (χ3v) is 3.28. The maximum atomic E-state index is 3.46. The van der Waals surface area contributed by atoms with Crippen LogP contribution in [0.4, 0.5) is 0 Å². The highest BCUT2D eigenvalue weighted by atomic mass is 14.8. The molecule has 0 aliphatic carbocycles. The molecule has 0 bridgehead atoms. The van der Waals surface area contributed by atoms with Crippen molar-refractivity contribution in [1.29, 1.82) is 0 Å². The fourth-order valence-electron chi connectivity index (χ4n) is 1.86. The summed E-state index contributed by atoms with van der Waals surface area (Å²) in [7, 11) is 0. The Morgan fingerprint density at radius 2 is 1.88 bits per heavy atom. The first-order valence-corrected chi connectivity index (χ1v) is 6.43. The second-order valence-corrected chi connectivity index (χ2v) is 4.78. The Balaban J connectivity index is 2.46. The number of hydrogen-bond donors (Lipinski definition) is 1. The molecule has 0 radical (unpaired) electrons. The zero-order valence-corrected chi connectivity index (χ0v) is 11.1. The van der Waals surface area contributed by atoms with Crippen molar-refractivity contribution in [3.63, 3.8) is 0 Å². The number of hydrogen-bond acceptors (Lipinski definition) is 1. The molecule has 1 aromatic carbocycles. The van der Waals surface area contributed by atoms with E-state index in [4.69, 9.17) is 0 Å². The molecule has 1 heteroatoms. The summed E-state index contributed by atoms with van der Waals surface area (Å²) in [6.45, 7) is 11.2. The van der Waals surface area contributed by atoms with E-state index in [2.05, 4.69) is 51.2 Å². The second kappa shape index (κ2) is 6.70. The van der Waals surface area contributed by atoms with Gasteiger partial charge >= 0.3 is 0 Å². The molecule has 1 rings (SSSR count).